The topological polar surface area (TPSA) is 91.4 Å². The lowest BCUT2D eigenvalue weighted by atomic mass is 10.1. The summed E-state index contributed by atoms with van der Waals surface area (Å²) in [5, 5.41) is 0. The van der Waals surface area contributed by atoms with E-state index in [1.54, 1.807) is 19.4 Å². The number of nitrogens with one attached hydrogen (secondary N) is 1. The highest BCUT2D eigenvalue weighted by Gasteiger charge is 2.23. The van der Waals surface area contributed by atoms with Crippen LogP contribution in [0.1, 0.15) is 23.0 Å². The molecule has 0 unspecified atom stereocenters. The average Bonchev–Trinajstić information content (AvgIpc) is 2.83. The van der Waals surface area contributed by atoms with Crippen molar-refractivity contribution in [3.05, 3.63) is 70.3 Å². The number of hydrogen-bond acceptors (Lipinski definition) is 6. The molecular weight excluding hydrogens is 394 g/mol. The number of nitrogens with zero attached hydrogens (tertiary/aromatic N) is 4. The van der Waals surface area contributed by atoms with Crippen molar-refractivity contribution in [2.45, 2.75) is 13.3 Å². The molecule has 31 heavy (non-hydrogen) atoms. The van der Waals surface area contributed by atoms with Gasteiger partial charge < -0.3 is 19.5 Å². The SMILES string of the molecule is CCc1cc(=O)[nH]c(-c2ccc(N3CCN(C(=O)c4cccc(OC)c4)CC3)nc2)n1. The molecule has 1 amide bonds. The van der Waals surface area contributed by atoms with Crippen molar-refractivity contribution < 1.29 is 9.53 Å². The van der Waals surface area contributed by atoms with Crippen LogP contribution in [0.4, 0.5) is 5.82 Å². The van der Waals surface area contributed by atoms with Crippen LogP contribution >= 0.6 is 0 Å². The molecule has 0 radical (unpaired) electrons. The van der Waals surface area contributed by atoms with Crippen molar-refractivity contribution in [2.24, 2.45) is 0 Å². The molecule has 0 bridgehead atoms. The number of carbonyl (C=O) groups is 1. The van der Waals surface area contributed by atoms with Crippen LogP contribution in [0, 0.1) is 0 Å². The summed E-state index contributed by atoms with van der Waals surface area (Å²) in [4.78, 5) is 40.4. The highest BCUT2D eigenvalue weighted by Crippen LogP contribution is 2.20. The molecule has 1 aliphatic rings. The van der Waals surface area contributed by atoms with E-state index in [4.69, 9.17) is 4.74 Å². The zero-order valence-corrected chi connectivity index (χ0v) is 17.7. The number of rotatable bonds is 5. The summed E-state index contributed by atoms with van der Waals surface area (Å²) in [6, 6.07) is 12.6. The lowest BCUT2D eigenvalue weighted by Gasteiger charge is -2.35. The van der Waals surface area contributed by atoms with Gasteiger partial charge in [0.05, 0.1) is 7.11 Å². The molecule has 160 valence electrons. The van der Waals surface area contributed by atoms with Gasteiger partial charge in [0.25, 0.3) is 11.5 Å². The number of piperazine rings is 1. The van der Waals surface area contributed by atoms with Crippen molar-refractivity contribution in [3.63, 3.8) is 0 Å². The second-order valence-electron chi connectivity index (χ2n) is 7.36. The highest BCUT2D eigenvalue weighted by atomic mass is 16.5. The second-order valence-corrected chi connectivity index (χ2v) is 7.36. The van der Waals surface area contributed by atoms with Crippen LogP contribution in [0.2, 0.25) is 0 Å². The fourth-order valence-corrected chi connectivity index (χ4v) is 3.62. The maximum absolute atomic E-state index is 12.8. The Morgan fingerprint density at radius 1 is 1.13 bits per heavy atom. The zero-order chi connectivity index (χ0) is 21.8. The minimum Gasteiger partial charge on any atom is -0.497 e. The Labute approximate surface area is 180 Å². The van der Waals surface area contributed by atoms with Crippen LogP contribution in [0.5, 0.6) is 5.75 Å². The Kier molecular flexibility index (Phi) is 5.97. The predicted molar refractivity (Wildman–Crippen MR) is 119 cm³/mol. The summed E-state index contributed by atoms with van der Waals surface area (Å²) < 4.78 is 5.22. The molecule has 1 saturated heterocycles. The minimum atomic E-state index is -0.164. The van der Waals surface area contributed by atoms with Gasteiger partial charge in [-0.15, -0.1) is 0 Å². The second kappa shape index (κ2) is 8.99. The summed E-state index contributed by atoms with van der Waals surface area (Å²) in [6.45, 7) is 4.59. The third kappa shape index (κ3) is 4.58. The number of pyridine rings is 1. The molecular formula is C23H25N5O3. The van der Waals surface area contributed by atoms with Crippen molar-refractivity contribution >= 4 is 11.7 Å². The maximum Gasteiger partial charge on any atom is 0.254 e. The monoisotopic (exact) mass is 419 g/mol. The molecule has 0 aliphatic carbocycles. The number of H-pyrrole nitrogens is 1. The van der Waals surface area contributed by atoms with Crippen molar-refractivity contribution in [1.29, 1.82) is 0 Å². The van der Waals surface area contributed by atoms with Gasteiger partial charge in [-0.2, -0.15) is 0 Å². The molecule has 0 spiro atoms. The van der Waals surface area contributed by atoms with Gasteiger partial charge in [0.15, 0.2) is 0 Å². The average molecular weight is 419 g/mol. The molecule has 1 N–H and O–H groups in total. The number of carbonyl (C=O) groups excluding carboxylic acids is 1. The lowest BCUT2D eigenvalue weighted by Crippen LogP contribution is -2.49. The van der Waals surface area contributed by atoms with Gasteiger partial charge in [0.1, 0.15) is 17.4 Å². The number of ether oxygens (including phenoxy) is 1. The van der Waals surface area contributed by atoms with Crippen LogP contribution in [-0.4, -0.2) is 59.0 Å². The van der Waals surface area contributed by atoms with E-state index in [1.165, 1.54) is 6.07 Å². The molecule has 0 saturated carbocycles. The Hall–Kier alpha value is -3.68. The van der Waals surface area contributed by atoms with E-state index in [0.29, 0.717) is 49.7 Å². The summed E-state index contributed by atoms with van der Waals surface area (Å²) in [7, 11) is 1.59. The molecule has 3 aromatic rings. The van der Waals surface area contributed by atoms with Gasteiger partial charge in [-0.05, 0) is 36.8 Å². The number of aromatic amines is 1. The Morgan fingerprint density at radius 2 is 1.94 bits per heavy atom. The van der Waals surface area contributed by atoms with Gasteiger partial charge in [-0.3, -0.25) is 9.59 Å². The van der Waals surface area contributed by atoms with Gasteiger partial charge in [0, 0.05) is 55.3 Å². The van der Waals surface area contributed by atoms with E-state index < -0.39 is 0 Å². The van der Waals surface area contributed by atoms with Crippen LogP contribution in [0.25, 0.3) is 11.4 Å². The van der Waals surface area contributed by atoms with E-state index in [1.807, 2.05) is 42.2 Å². The number of aryl methyl sites for hydroxylation is 1. The number of hydrogen-bond donors (Lipinski definition) is 1. The number of aromatic nitrogens is 3. The summed E-state index contributed by atoms with van der Waals surface area (Å²) in [5.41, 5.74) is 1.98. The fraction of sp³-hybridized carbons (Fsp3) is 0.304. The Balaban J connectivity index is 1.41. The van der Waals surface area contributed by atoms with E-state index >= 15 is 0 Å². The van der Waals surface area contributed by atoms with Crippen LogP contribution < -0.4 is 15.2 Å². The van der Waals surface area contributed by atoms with Crippen molar-refractivity contribution in [2.75, 3.05) is 38.2 Å². The molecule has 1 aliphatic heterocycles. The third-order valence-corrected chi connectivity index (χ3v) is 5.39. The third-order valence-electron chi connectivity index (χ3n) is 5.39. The Bertz CT molecular complexity index is 1120. The summed E-state index contributed by atoms with van der Waals surface area (Å²) in [5.74, 6) is 2.05. The van der Waals surface area contributed by atoms with Gasteiger partial charge in [0.2, 0.25) is 0 Å². The summed E-state index contributed by atoms with van der Waals surface area (Å²) in [6.07, 6.45) is 2.42. The van der Waals surface area contributed by atoms with E-state index in [0.717, 1.165) is 17.1 Å². The number of amides is 1. The molecule has 4 rings (SSSR count). The van der Waals surface area contributed by atoms with Gasteiger partial charge in [-0.25, -0.2) is 9.97 Å². The fourth-order valence-electron chi connectivity index (χ4n) is 3.62. The number of benzene rings is 1. The van der Waals surface area contributed by atoms with Crippen LogP contribution in [-0.2, 0) is 6.42 Å². The maximum atomic E-state index is 12.8. The minimum absolute atomic E-state index is 0.00712. The van der Waals surface area contributed by atoms with Crippen LogP contribution in [0.3, 0.4) is 0 Å². The first kappa shape index (κ1) is 20.6. The molecule has 3 heterocycles. The summed E-state index contributed by atoms with van der Waals surface area (Å²) >= 11 is 0. The zero-order valence-electron chi connectivity index (χ0n) is 17.7. The molecule has 8 heteroatoms. The quantitative estimate of drug-likeness (QED) is 0.683. The first-order valence-corrected chi connectivity index (χ1v) is 10.3. The van der Waals surface area contributed by atoms with Crippen molar-refractivity contribution in [3.8, 4) is 17.1 Å². The van der Waals surface area contributed by atoms with E-state index in [-0.39, 0.29) is 11.5 Å². The highest BCUT2D eigenvalue weighted by molar-refractivity contribution is 5.94. The normalized spacial score (nSPS) is 13.9. The largest absolute Gasteiger partial charge is 0.497 e. The standard InChI is InChI=1S/C23H25N5O3/c1-3-18-14-21(29)26-22(25-18)17-7-8-20(24-15-17)27-9-11-28(12-10-27)23(30)16-5-4-6-19(13-16)31-2/h4-8,13-15H,3,9-12H2,1-2H3,(H,25,26,29). The predicted octanol–water partition coefficient (Wildman–Crippen LogP) is 2.37. The van der Waals surface area contributed by atoms with Crippen LogP contribution in [0.15, 0.2) is 53.5 Å². The van der Waals surface area contributed by atoms with Gasteiger partial charge in [-0.1, -0.05) is 13.0 Å². The molecule has 8 nitrogen and oxygen atoms in total. The Morgan fingerprint density at radius 3 is 2.61 bits per heavy atom. The van der Waals surface area contributed by atoms with Gasteiger partial charge >= 0.3 is 0 Å². The molecule has 0 atom stereocenters. The van der Waals surface area contributed by atoms with Crippen molar-refractivity contribution in [1.82, 2.24) is 19.9 Å². The number of methoxy groups -OCH3 is 1. The smallest absolute Gasteiger partial charge is 0.254 e. The first-order chi connectivity index (χ1) is 15.1. The molecule has 1 fully saturated rings. The van der Waals surface area contributed by atoms with E-state index in [9.17, 15) is 9.59 Å². The lowest BCUT2D eigenvalue weighted by molar-refractivity contribution is 0.0746. The molecule has 2 aromatic heterocycles. The van der Waals surface area contributed by atoms with E-state index in [2.05, 4.69) is 19.9 Å². The molecule has 1 aromatic carbocycles. The number of anilines is 1. The first-order valence-electron chi connectivity index (χ1n) is 10.3.